The first kappa shape index (κ1) is 20.6. The van der Waals surface area contributed by atoms with Crippen LogP contribution in [0.1, 0.15) is 24.1 Å². The SMILES string of the molecule is CN=C(NCCOCc1ccccc1OC)NC(C)c1ccc(F)cc1F. The second-order valence-electron chi connectivity index (χ2n) is 5.90. The maximum absolute atomic E-state index is 13.9. The number of ether oxygens (including phenoxy) is 2. The average molecular weight is 377 g/mol. The van der Waals surface area contributed by atoms with Crippen LogP contribution in [0, 0.1) is 11.6 Å². The van der Waals surface area contributed by atoms with Crippen LogP contribution >= 0.6 is 0 Å². The Morgan fingerprint density at radius 1 is 1.19 bits per heavy atom. The van der Waals surface area contributed by atoms with Gasteiger partial charge in [-0.05, 0) is 19.1 Å². The largest absolute Gasteiger partial charge is 0.496 e. The number of guanidine groups is 1. The van der Waals surface area contributed by atoms with Gasteiger partial charge in [0, 0.05) is 30.8 Å². The average Bonchev–Trinajstić information content (AvgIpc) is 2.66. The Kier molecular flexibility index (Phi) is 8.00. The maximum atomic E-state index is 13.9. The van der Waals surface area contributed by atoms with Gasteiger partial charge < -0.3 is 20.1 Å². The highest BCUT2D eigenvalue weighted by Gasteiger charge is 2.13. The van der Waals surface area contributed by atoms with Gasteiger partial charge in [0.25, 0.3) is 0 Å². The predicted octanol–water partition coefficient (Wildman–Crippen LogP) is 3.42. The quantitative estimate of drug-likeness (QED) is 0.421. The van der Waals surface area contributed by atoms with Gasteiger partial charge >= 0.3 is 0 Å². The zero-order valence-corrected chi connectivity index (χ0v) is 15.8. The lowest BCUT2D eigenvalue weighted by atomic mass is 10.1. The molecule has 0 fully saturated rings. The van der Waals surface area contributed by atoms with E-state index in [-0.39, 0.29) is 6.04 Å². The molecule has 1 atom stereocenters. The summed E-state index contributed by atoms with van der Waals surface area (Å²) >= 11 is 0. The van der Waals surface area contributed by atoms with Crippen LogP contribution in [0.15, 0.2) is 47.5 Å². The lowest BCUT2D eigenvalue weighted by Gasteiger charge is -2.19. The Hall–Kier alpha value is -2.67. The predicted molar refractivity (Wildman–Crippen MR) is 102 cm³/mol. The number of rotatable bonds is 8. The van der Waals surface area contributed by atoms with E-state index in [1.165, 1.54) is 12.1 Å². The molecule has 0 aliphatic heterocycles. The van der Waals surface area contributed by atoms with Crippen LogP contribution in [-0.2, 0) is 11.3 Å². The summed E-state index contributed by atoms with van der Waals surface area (Å²) in [6.45, 7) is 3.20. The second-order valence-corrected chi connectivity index (χ2v) is 5.90. The Morgan fingerprint density at radius 2 is 1.96 bits per heavy atom. The van der Waals surface area contributed by atoms with E-state index in [1.54, 1.807) is 21.1 Å². The van der Waals surface area contributed by atoms with Crippen LogP contribution in [-0.4, -0.2) is 33.3 Å². The second kappa shape index (κ2) is 10.5. The molecule has 0 aromatic heterocycles. The van der Waals surface area contributed by atoms with Gasteiger partial charge in [-0.2, -0.15) is 0 Å². The van der Waals surface area contributed by atoms with Crippen molar-refractivity contribution in [1.29, 1.82) is 0 Å². The zero-order chi connectivity index (χ0) is 19.6. The van der Waals surface area contributed by atoms with Crippen molar-refractivity contribution in [3.8, 4) is 5.75 Å². The van der Waals surface area contributed by atoms with E-state index in [4.69, 9.17) is 9.47 Å². The van der Waals surface area contributed by atoms with E-state index >= 15 is 0 Å². The van der Waals surface area contributed by atoms with Crippen LogP contribution in [0.3, 0.4) is 0 Å². The van der Waals surface area contributed by atoms with E-state index in [1.807, 2.05) is 24.3 Å². The number of hydrogen-bond acceptors (Lipinski definition) is 3. The van der Waals surface area contributed by atoms with E-state index in [0.29, 0.717) is 31.3 Å². The number of aliphatic imine (C=N–C) groups is 1. The molecule has 0 amide bonds. The number of halogens is 2. The molecule has 0 aliphatic rings. The molecule has 0 aliphatic carbocycles. The summed E-state index contributed by atoms with van der Waals surface area (Å²) in [5, 5.41) is 6.17. The van der Waals surface area contributed by atoms with Gasteiger partial charge in [0.15, 0.2) is 5.96 Å². The number of benzene rings is 2. The van der Waals surface area contributed by atoms with Crippen molar-refractivity contribution in [2.24, 2.45) is 4.99 Å². The minimum Gasteiger partial charge on any atom is -0.496 e. The number of methoxy groups -OCH3 is 1. The standard InChI is InChI=1S/C20H25F2N3O2/c1-14(17-9-8-16(21)12-18(17)22)25-20(23-2)24-10-11-27-13-15-6-4-5-7-19(15)26-3/h4-9,12,14H,10-11,13H2,1-3H3,(H2,23,24,25). The van der Waals surface area contributed by atoms with Crippen LogP contribution in [0.5, 0.6) is 5.75 Å². The lowest BCUT2D eigenvalue weighted by molar-refractivity contribution is 0.123. The van der Waals surface area contributed by atoms with Crippen molar-refractivity contribution in [1.82, 2.24) is 10.6 Å². The minimum atomic E-state index is -0.599. The molecule has 2 rings (SSSR count). The molecule has 2 aromatic carbocycles. The minimum absolute atomic E-state index is 0.367. The molecule has 0 bridgehead atoms. The fraction of sp³-hybridized carbons (Fsp3) is 0.350. The van der Waals surface area contributed by atoms with Gasteiger partial charge in [0.2, 0.25) is 0 Å². The van der Waals surface area contributed by atoms with Crippen LogP contribution in [0.2, 0.25) is 0 Å². The van der Waals surface area contributed by atoms with E-state index < -0.39 is 11.6 Å². The molecule has 1 unspecified atom stereocenters. The molecular weight excluding hydrogens is 352 g/mol. The summed E-state index contributed by atoms with van der Waals surface area (Å²) in [4.78, 5) is 4.11. The zero-order valence-electron chi connectivity index (χ0n) is 15.8. The van der Waals surface area contributed by atoms with Crippen molar-refractivity contribution in [2.45, 2.75) is 19.6 Å². The fourth-order valence-corrected chi connectivity index (χ4v) is 2.58. The Balaban J connectivity index is 1.77. The normalized spacial score (nSPS) is 12.6. The van der Waals surface area contributed by atoms with E-state index in [2.05, 4.69) is 15.6 Å². The smallest absolute Gasteiger partial charge is 0.191 e. The first-order chi connectivity index (χ1) is 13.0. The van der Waals surface area contributed by atoms with Crippen LogP contribution in [0.25, 0.3) is 0 Å². The Bertz CT molecular complexity index is 769. The molecule has 0 saturated heterocycles. The number of nitrogens with zero attached hydrogens (tertiary/aromatic N) is 1. The molecule has 0 heterocycles. The third-order valence-corrected chi connectivity index (χ3v) is 3.99. The maximum Gasteiger partial charge on any atom is 0.191 e. The highest BCUT2D eigenvalue weighted by Crippen LogP contribution is 2.18. The highest BCUT2D eigenvalue weighted by atomic mass is 19.1. The molecule has 146 valence electrons. The Morgan fingerprint density at radius 3 is 2.67 bits per heavy atom. The van der Waals surface area contributed by atoms with Gasteiger partial charge in [-0.1, -0.05) is 24.3 Å². The monoisotopic (exact) mass is 377 g/mol. The van der Waals surface area contributed by atoms with Crippen molar-refractivity contribution in [2.75, 3.05) is 27.3 Å². The first-order valence-corrected chi connectivity index (χ1v) is 8.67. The molecule has 27 heavy (non-hydrogen) atoms. The Labute approximate surface area is 158 Å². The summed E-state index contributed by atoms with van der Waals surface area (Å²) in [5.41, 5.74) is 1.34. The molecule has 2 aromatic rings. The molecule has 7 heteroatoms. The van der Waals surface area contributed by atoms with Crippen molar-refractivity contribution in [3.63, 3.8) is 0 Å². The molecule has 5 nitrogen and oxygen atoms in total. The summed E-state index contributed by atoms with van der Waals surface area (Å²) in [6, 6.07) is 10.8. The summed E-state index contributed by atoms with van der Waals surface area (Å²) < 4.78 is 37.8. The van der Waals surface area contributed by atoms with Crippen LogP contribution < -0.4 is 15.4 Å². The first-order valence-electron chi connectivity index (χ1n) is 8.67. The summed E-state index contributed by atoms with van der Waals surface area (Å²) in [5.74, 6) is 0.106. The molecule has 0 saturated carbocycles. The lowest BCUT2D eigenvalue weighted by Crippen LogP contribution is -2.40. The van der Waals surface area contributed by atoms with Gasteiger partial charge in [-0.25, -0.2) is 8.78 Å². The van der Waals surface area contributed by atoms with Gasteiger partial charge in [0.05, 0.1) is 26.4 Å². The van der Waals surface area contributed by atoms with Gasteiger partial charge in [0.1, 0.15) is 17.4 Å². The van der Waals surface area contributed by atoms with Crippen LogP contribution in [0.4, 0.5) is 8.78 Å². The topological polar surface area (TPSA) is 54.9 Å². The third kappa shape index (κ3) is 6.21. The number of nitrogens with one attached hydrogen (secondary N) is 2. The number of para-hydroxylation sites is 1. The van der Waals surface area contributed by atoms with Crippen molar-refractivity contribution >= 4 is 5.96 Å². The summed E-state index contributed by atoms with van der Waals surface area (Å²) in [6.07, 6.45) is 0. The molecular formula is C20H25F2N3O2. The molecule has 2 N–H and O–H groups in total. The highest BCUT2D eigenvalue weighted by molar-refractivity contribution is 5.80. The summed E-state index contributed by atoms with van der Waals surface area (Å²) in [7, 11) is 3.25. The molecule has 0 radical (unpaired) electrons. The molecule has 0 spiro atoms. The van der Waals surface area contributed by atoms with Gasteiger partial charge in [-0.15, -0.1) is 0 Å². The number of hydrogen-bond donors (Lipinski definition) is 2. The van der Waals surface area contributed by atoms with Gasteiger partial charge in [-0.3, -0.25) is 4.99 Å². The van der Waals surface area contributed by atoms with E-state index in [9.17, 15) is 8.78 Å². The van der Waals surface area contributed by atoms with Crippen molar-refractivity contribution in [3.05, 3.63) is 65.2 Å². The van der Waals surface area contributed by atoms with Crippen molar-refractivity contribution < 1.29 is 18.3 Å². The fourth-order valence-electron chi connectivity index (χ4n) is 2.58. The van der Waals surface area contributed by atoms with E-state index in [0.717, 1.165) is 17.4 Å². The third-order valence-electron chi connectivity index (χ3n) is 3.99.